The first-order valence-corrected chi connectivity index (χ1v) is 7.96. The summed E-state index contributed by atoms with van der Waals surface area (Å²) in [6.07, 6.45) is 0. The van der Waals surface area contributed by atoms with E-state index in [0.29, 0.717) is 11.5 Å². The second-order valence-corrected chi connectivity index (χ2v) is 7.22. The maximum absolute atomic E-state index is 6.26. The SMILES string of the molecule is COc1ccc([C@H](c2ccc(OC)cc2OC)C(Cl)(Cl)Cl)cc1. The van der Waals surface area contributed by atoms with Crippen molar-refractivity contribution in [1.29, 1.82) is 0 Å². The summed E-state index contributed by atoms with van der Waals surface area (Å²) in [4.78, 5) is 0. The van der Waals surface area contributed by atoms with Crippen molar-refractivity contribution in [3.05, 3.63) is 53.6 Å². The molecule has 2 rings (SSSR count). The van der Waals surface area contributed by atoms with Crippen LogP contribution in [0.3, 0.4) is 0 Å². The van der Waals surface area contributed by atoms with Gasteiger partial charge in [0.05, 0.1) is 27.2 Å². The van der Waals surface area contributed by atoms with Crippen LogP contribution in [0.25, 0.3) is 0 Å². The molecule has 124 valence electrons. The molecule has 0 amide bonds. The van der Waals surface area contributed by atoms with Gasteiger partial charge in [-0.15, -0.1) is 0 Å². The van der Waals surface area contributed by atoms with Gasteiger partial charge < -0.3 is 14.2 Å². The van der Waals surface area contributed by atoms with E-state index in [2.05, 4.69) is 0 Å². The van der Waals surface area contributed by atoms with Gasteiger partial charge in [0.2, 0.25) is 3.79 Å². The van der Waals surface area contributed by atoms with Crippen LogP contribution in [0.5, 0.6) is 17.2 Å². The number of alkyl halides is 3. The lowest BCUT2D eigenvalue weighted by molar-refractivity contribution is 0.389. The third-order valence-electron chi connectivity index (χ3n) is 3.53. The topological polar surface area (TPSA) is 27.7 Å². The first-order valence-electron chi connectivity index (χ1n) is 6.83. The van der Waals surface area contributed by atoms with Crippen LogP contribution in [0.15, 0.2) is 42.5 Å². The molecule has 0 aliphatic rings. The van der Waals surface area contributed by atoms with E-state index < -0.39 is 9.71 Å². The lowest BCUT2D eigenvalue weighted by Crippen LogP contribution is -2.19. The maximum Gasteiger partial charge on any atom is 0.201 e. The Morgan fingerprint density at radius 2 is 1.35 bits per heavy atom. The fourth-order valence-corrected chi connectivity index (χ4v) is 3.13. The van der Waals surface area contributed by atoms with E-state index in [1.807, 2.05) is 36.4 Å². The lowest BCUT2D eigenvalue weighted by Gasteiger charge is -2.27. The monoisotopic (exact) mass is 374 g/mol. The molecule has 0 N–H and O–H groups in total. The minimum atomic E-state index is -1.55. The summed E-state index contributed by atoms with van der Waals surface area (Å²) in [5, 5.41) is 0. The minimum absolute atomic E-state index is 0.501. The van der Waals surface area contributed by atoms with Gasteiger partial charge in [-0.1, -0.05) is 53.0 Å². The molecule has 0 saturated heterocycles. The fraction of sp³-hybridized carbons (Fsp3) is 0.294. The zero-order valence-electron chi connectivity index (χ0n) is 13.0. The summed E-state index contributed by atoms with van der Waals surface area (Å²) in [5.41, 5.74) is 1.60. The van der Waals surface area contributed by atoms with Crippen molar-refractivity contribution in [2.45, 2.75) is 9.71 Å². The Labute approximate surface area is 151 Å². The number of ether oxygens (including phenoxy) is 3. The van der Waals surface area contributed by atoms with E-state index in [0.717, 1.165) is 16.9 Å². The number of rotatable bonds is 5. The van der Waals surface area contributed by atoms with Crippen LogP contribution in [0, 0.1) is 0 Å². The van der Waals surface area contributed by atoms with Crippen molar-refractivity contribution in [3.63, 3.8) is 0 Å². The number of methoxy groups -OCH3 is 3. The molecule has 0 radical (unpaired) electrons. The molecule has 0 fully saturated rings. The van der Waals surface area contributed by atoms with E-state index >= 15 is 0 Å². The molecular formula is C17H17Cl3O3. The largest absolute Gasteiger partial charge is 0.497 e. The summed E-state index contributed by atoms with van der Waals surface area (Å²) >= 11 is 18.8. The summed E-state index contributed by atoms with van der Waals surface area (Å²) in [5.74, 6) is 1.50. The second-order valence-electron chi connectivity index (χ2n) is 4.86. The van der Waals surface area contributed by atoms with Gasteiger partial charge in [-0.05, 0) is 23.8 Å². The van der Waals surface area contributed by atoms with E-state index in [9.17, 15) is 0 Å². The summed E-state index contributed by atoms with van der Waals surface area (Å²) in [7, 11) is 4.76. The summed E-state index contributed by atoms with van der Waals surface area (Å²) in [6, 6.07) is 12.8. The highest BCUT2D eigenvalue weighted by Gasteiger charge is 2.37. The van der Waals surface area contributed by atoms with E-state index in [-0.39, 0.29) is 0 Å². The highest BCUT2D eigenvalue weighted by molar-refractivity contribution is 6.68. The second kappa shape index (κ2) is 7.52. The smallest absolute Gasteiger partial charge is 0.201 e. The van der Waals surface area contributed by atoms with Crippen LogP contribution < -0.4 is 14.2 Å². The van der Waals surface area contributed by atoms with Gasteiger partial charge in [0.1, 0.15) is 17.2 Å². The van der Waals surface area contributed by atoms with Crippen molar-refractivity contribution in [2.75, 3.05) is 21.3 Å². The molecule has 0 saturated carbocycles. The molecule has 2 aromatic rings. The zero-order chi connectivity index (χ0) is 17.0. The predicted molar refractivity (Wildman–Crippen MR) is 94.7 cm³/mol. The van der Waals surface area contributed by atoms with Crippen LogP contribution in [0.4, 0.5) is 0 Å². The molecule has 0 bridgehead atoms. The predicted octanol–water partition coefficient (Wildman–Crippen LogP) is 5.21. The average Bonchev–Trinajstić information content (AvgIpc) is 2.54. The Kier molecular flexibility index (Phi) is 5.90. The standard InChI is InChI=1S/C17H17Cl3O3/c1-21-12-6-4-11(5-7-12)16(17(18,19)20)14-9-8-13(22-2)10-15(14)23-3/h4-10,16H,1-3H3/t16-/m1/s1. The van der Waals surface area contributed by atoms with Gasteiger partial charge in [-0.25, -0.2) is 0 Å². The molecule has 0 heterocycles. The van der Waals surface area contributed by atoms with Crippen LogP contribution in [-0.4, -0.2) is 25.1 Å². The van der Waals surface area contributed by atoms with Gasteiger partial charge in [0, 0.05) is 11.6 Å². The number of benzene rings is 2. The fourth-order valence-electron chi connectivity index (χ4n) is 2.40. The summed E-state index contributed by atoms with van der Waals surface area (Å²) in [6.45, 7) is 0. The summed E-state index contributed by atoms with van der Waals surface area (Å²) < 4.78 is 14.3. The van der Waals surface area contributed by atoms with Gasteiger partial charge in [-0.3, -0.25) is 0 Å². The number of hydrogen-bond acceptors (Lipinski definition) is 3. The highest BCUT2D eigenvalue weighted by atomic mass is 35.6. The first-order chi connectivity index (χ1) is 10.9. The molecule has 0 unspecified atom stereocenters. The maximum atomic E-state index is 6.26. The Bertz CT molecular complexity index is 651. The molecule has 0 spiro atoms. The van der Waals surface area contributed by atoms with E-state index in [4.69, 9.17) is 49.0 Å². The van der Waals surface area contributed by atoms with Crippen molar-refractivity contribution < 1.29 is 14.2 Å². The molecule has 0 aliphatic carbocycles. The molecule has 2 aromatic carbocycles. The number of halogens is 3. The zero-order valence-corrected chi connectivity index (χ0v) is 15.2. The van der Waals surface area contributed by atoms with E-state index in [1.54, 1.807) is 27.4 Å². The van der Waals surface area contributed by atoms with Crippen LogP contribution in [0.2, 0.25) is 0 Å². The van der Waals surface area contributed by atoms with Crippen molar-refractivity contribution in [1.82, 2.24) is 0 Å². The van der Waals surface area contributed by atoms with Gasteiger partial charge in [0.25, 0.3) is 0 Å². The molecule has 6 heteroatoms. The first kappa shape index (κ1) is 18.1. The number of hydrogen-bond donors (Lipinski definition) is 0. The molecule has 0 aromatic heterocycles. The highest BCUT2D eigenvalue weighted by Crippen LogP contribution is 2.48. The Morgan fingerprint density at radius 3 is 1.83 bits per heavy atom. The lowest BCUT2D eigenvalue weighted by atomic mass is 9.91. The van der Waals surface area contributed by atoms with Crippen molar-refractivity contribution >= 4 is 34.8 Å². The molecule has 0 aliphatic heterocycles. The van der Waals surface area contributed by atoms with Crippen LogP contribution in [0.1, 0.15) is 17.0 Å². The van der Waals surface area contributed by atoms with Gasteiger partial charge in [-0.2, -0.15) is 0 Å². The Balaban J connectivity index is 2.55. The van der Waals surface area contributed by atoms with Gasteiger partial charge in [0.15, 0.2) is 0 Å². The third kappa shape index (κ3) is 4.17. The molecule has 3 nitrogen and oxygen atoms in total. The van der Waals surface area contributed by atoms with Crippen LogP contribution in [-0.2, 0) is 0 Å². The quantitative estimate of drug-likeness (QED) is 0.671. The Hall–Kier alpha value is -1.29. The molecule has 23 heavy (non-hydrogen) atoms. The van der Waals surface area contributed by atoms with Crippen molar-refractivity contribution in [2.24, 2.45) is 0 Å². The molecule has 1 atom stereocenters. The van der Waals surface area contributed by atoms with Gasteiger partial charge >= 0.3 is 0 Å². The van der Waals surface area contributed by atoms with E-state index in [1.165, 1.54) is 0 Å². The normalized spacial score (nSPS) is 12.6. The van der Waals surface area contributed by atoms with Crippen molar-refractivity contribution in [3.8, 4) is 17.2 Å². The minimum Gasteiger partial charge on any atom is -0.497 e. The average molecular weight is 376 g/mol. The molecular weight excluding hydrogens is 359 g/mol. The Morgan fingerprint density at radius 1 is 0.783 bits per heavy atom. The van der Waals surface area contributed by atoms with Crippen LogP contribution >= 0.6 is 34.8 Å². The third-order valence-corrected chi connectivity index (χ3v) is 4.18.